The Hall–Kier alpha value is -0.560. The molecular formula is C10H13ClN. The van der Waals surface area contributed by atoms with Crippen molar-refractivity contribution in [2.75, 3.05) is 0 Å². The van der Waals surface area contributed by atoms with Crippen molar-refractivity contribution in [2.24, 2.45) is 0 Å². The van der Waals surface area contributed by atoms with Gasteiger partial charge in [-0.25, -0.2) is 4.98 Å². The van der Waals surface area contributed by atoms with E-state index in [1.165, 1.54) is 0 Å². The van der Waals surface area contributed by atoms with Gasteiger partial charge in [0.15, 0.2) is 0 Å². The smallest absolute Gasteiger partial charge is 0.132 e. The predicted molar refractivity (Wildman–Crippen MR) is 52.2 cm³/mol. The van der Waals surface area contributed by atoms with Gasteiger partial charge in [-0.2, -0.15) is 0 Å². The third-order valence-electron chi connectivity index (χ3n) is 1.78. The van der Waals surface area contributed by atoms with Crippen molar-refractivity contribution in [3.8, 4) is 0 Å². The third-order valence-corrected chi connectivity index (χ3v) is 2.12. The van der Waals surface area contributed by atoms with Crippen LogP contribution in [0.3, 0.4) is 0 Å². The van der Waals surface area contributed by atoms with Crippen LogP contribution in [0.4, 0.5) is 0 Å². The Kier molecular flexibility index (Phi) is 4.09. The van der Waals surface area contributed by atoms with E-state index in [4.69, 9.17) is 11.6 Å². The van der Waals surface area contributed by atoms with Gasteiger partial charge >= 0.3 is 0 Å². The molecule has 2 heteroatoms. The van der Waals surface area contributed by atoms with Gasteiger partial charge in [0.1, 0.15) is 5.15 Å². The Morgan fingerprint density at radius 1 is 1.42 bits per heavy atom. The first-order valence-corrected chi connectivity index (χ1v) is 4.61. The molecule has 0 unspecified atom stereocenters. The van der Waals surface area contributed by atoms with Crippen molar-refractivity contribution >= 4 is 11.6 Å². The molecule has 0 aliphatic heterocycles. The van der Waals surface area contributed by atoms with Crippen LogP contribution >= 0.6 is 11.6 Å². The van der Waals surface area contributed by atoms with Crippen LogP contribution in [0.2, 0.25) is 5.15 Å². The first kappa shape index (κ1) is 9.53. The summed E-state index contributed by atoms with van der Waals surface area (Å²) in [6.07, 6.45) is 6.04. The molecule has 1 heterocycles. The minimum Gasteiger partial charge on any atom is -0.244 e. The van der Waals surface area contributed by atoms with Crippen molar-refractivity contribution < 1.29 is 0 Å². The summed E-state index contributed by atoms with van der Waals surface area (Å²) >= 11 is 5.88. The second-order valence-electron chi connectivity index (χ2n) is 2.76. The first-order valence-electron chi connectivity index (χ1n) is 4.23. The van der Waals surface area contributed by atoms with E-state index in [0.29, 0.717) is 5.15 Å². The second kappa shape index (κ2) is 5.15. The largest absolute Gasteiger partial charge is 0.244 e. The number of aryl methyl sites for hydroxylation is 1. The van der Waals surface area contributed by atoms with Crippen molar-refractivity contribution in [2.45, 2.75) is 25.7 Å². The maximum Gasteiger partial charge on any atom is 0.132 e. The summed E-state index contributed by atoms with van der Waals surface area (Å²) in [5, 5.41) is 0.640. The van der Waals surface area contributed by atoms with E-state index >= 15 is 0 Å². The van der Waals surface area contributed by atoms with Crippen LogP contribution in [0.15, 0.2) is 18.3 Å². The number of pyridine rings is 1. The summed E-state index contributed by atoms with van der Waals surface area (Å²) < 4.78 is 0. The molecule has 0 aliphatic rings. The normalized spacial score (nSPS) is 10.2. The van der Waals surface area contributed by atoms with Crippen molar-refractivity contribution in [1.29, 1.82) is 0 Å². The van der Waals surface area contributed by atoms with E-state index in [0.717, 1.165) is 31.2 Å². The van der Waals surface area contributed by atoms with Crippen molar-refractivity contribution in [3.05, 3.63) is 36.0 Å². The quantitative estimate of drug-likeness (QED) is 0.515. The van der Waals surface area contributed by atoms with E-state index in [-0.39, 0.29) is 0 Å². The van der Waals surface area contributed by atoms with Crippen LogP contribution in [0.1, 0.15) is 24.8 Å². The zero-order valence-electron chi connectivity index (χ0n) is 7.09. The topological polar surface area (TPSA) is 12.9 Å². The summed E-state index contributed by atoms with van der Waals surface area (Å²) in [5.41, 5.74) is 1.15. The molecule has 0 aliphatic carbocycles. The minimum absolute atomic E-state index is 0.640. The summed E-state index contributed by atoms with van der Waals surface area (Å²) in [7, 11) is 0. The Bertz CT molecular complexity index is 235. The van der Waals surface area contributed by atoms with Crippen LogP contribution in [0.5, 0.6) is 0 Å². The molecule has 1 aromatic rings. The molecule has 0 bridgehead atoms. The van der Waals surface area contributed by atoms with Gasteiger partial charge in [-0.15, -0.1) is 0 Å². The lowest BCUT2D eigenvalue weighted by Gasteiger charge is -2.01. The molecule has 1 aromatic heterocycles. The SMILES string of the molecule is [CH2]CCCCc1cccnc1Cl. The zero-order chi connectivity index (χ0) is 8.81. The van der Waals surface area contributed by atoms with Gasteiger partial charge in [-0.3, -0.25) is 0 Å². The summed E-state index contributed by atoms with van der Waals surface area (Å²) in [6, 6.07) is 3.95. The van der Waals surface area contributed by atoms with Crippen LogP contribution in [-0.4, -0.2) is 4.98 Å². The van der Waals surface area contributed by atoms with E-state index in [1.807, 2.05) is 12.1 Å². The highest BCUT2D eigenvalue weighted by Gasteiger charge is 1.98. The molecule has 0 spiro atoms. The Labute approximate surface area is 78.8 Å². The summed E-state index contributed by atoms with van der Waals surface area (Å²) in [4.78, 5) is 4.01. The fraction of sp³-hybridized carbons (Fsp3) is 0.400. The van der Waals surface area contributed by atoms with E-state index in [2.05, 4.69) is 11.9 Å². The van der Waals surface area contributed by atoms with Crippen molar-refractivity contribution in [3.63, 3.8) is 0 Å². The Morgan fingerprint density at radius 2 is 2.25 bits per heavy atom. The summed E-state index contributed by atoms with van der Waals surface area (Å²) in [6.45, 7) is 3.79. The molecule has 1 rings (SSSR count). The van der Waals surface area contributed by atoms with E-state index in [1.54, 1.807) is 6.20 Å². The average Bonchev–Trinajstić information content (AvgIpc) is 2.09. The highest BCUT2D eigenvalue weighted by molar-refractivity contribution is 6.30. The second-order valence-corrected chi connectivity index (χ2v) is 3.12. The molecular weight excluding hydrogens is 170 g/mol. The number of hydrogen-bond acceptors (Lipinski definition) is 1. The number of hydrogen-bond donors (Lipinski definition) is 0. The standard InChI is InChI=1S/C10H13ClN/c1-2-3-4-6-9-7-5-8-12-10(9)11/h5,7-8H,1-4,6H2. The van der Waals surface area contributed by atoms with Gasteiger partial charge in [0.25, 0.3) is 0 Å². The maximum absolute atomic E-state index is 5.88. The van der Waals surface area contributed by atoms with Crippen LogP contribution in [-0.2, 0) is 6.42 Å². The van der Waals surface area contributed by atoms with Gasteiger partial charge in [-0.05, 0) is 24.5 Å². The molecule has 0 saturated carbocycles. The van der Waals surface area contributed by atoms with E-state index in [9.17, 15) is 0 Å². The highest BCUT2D eigenvalue weighted by atomic mass is 35.5. The third kappa shape index (κ3) is 2.82. The predicted octanol–water partition coefficient (Wildman–Crippen LogP) is 3.28. The van der Waals surface area contributed by atoms with Gasteiger partial charge in [0.05, 0.1) is 0 Å². The lowest BCUT2D eigenvalue weighted by Crippen LogP contribution is -1.88. The molecule has 65 valence electrons. The molecule has 0 amide bonds. The highest BCUT2D eigenvalue weighted by Crippen LogP contribution is 2.14. The van der Waals surface area contributed by atoms with Gasteiger partial charge in [-0.1, -0.05) is 37.4 Å². The maximum atomic E-state index is 5.88. The van der Waals surface area contributed by atoms with Crippen molar-refractivity contribution in [1.82, 2.24) is 4.98 Å². The number of halogens is 1. The molecule has 1 nitrogen and oxygen atoms in total. The molecule has 0 atom stereocenters. The minimum atomic E-state index is 0.640. The van der Waals surface area contributed by atoms with Crippen LogP contribution < -0.4 is 0 Å². The molecule has 0 N–H and O–H groups in total. The van der Waals surface area contributed by atoms with Crippen LogP contribution in [0.25, 0.3) is 0 Å². The lowest BCUT2D eigenvalue weighted by molar-refractivity contribution is 0.744. The zero-order valence-corrected chi connectivity index (χ0v) is 7.85. The number of rotatable bonds is 4. The van der Waals surface area contributed by atoms with Gasteiger partial charge in [0.2, 0.25) is 0 Å². The monoisotopic (exact) mass is 182 g/mol. The molecule has 12 heavy (non-hydrogen) atoms. The van der Waals surface area contributed by atoms with E-state index < -0.39 is 0 Å². The number of unbranched alkanes of at least 4 members (excludes halogenated alkanes) is 2. The molecule has 0 saturated heterocycles. The fourth-order valence-electron chi connectivity index (χ4n) is 1.10. The van der Waals surface area contributed by atoms with Gasteiger partial charge in [0, 0.05) is 6.20 Å². The van der Waals surface area contributed by atoms with Gasteiger partial charge < -0.3 is 0 Å². The summed E-state index contributed by atoms with van der Waals surface area (Å²) in [5.74, 6) is 0. The number of aromatic nitrogens is 1. The Morgan fingerprint density at radius 3 is 2.92 bits per heavy atom. The molecule has 0 fully saturated rings. The lowest BCUT2D eigenvalue weighted by atomic mass is 10.1. The number of nitrogens with zero attached hydrogens (tertiary/aromatic N) is 1. The molecule has 0 aromatic carbocycles. The molecule has 1 radical (unpaired) electrons. The first-order chi connectivity index (χ1) is 5.84. The average molecular weight is 183 g/mol. The van der Waals surface area contributed by atoms with Crippen LogP contribution in [0, 0.1) is 6.92 Å². The fourth-order valence-corrected chi connectivity index (χ4v) is 1.31. The Balaban J connectivity index is 2.46.